The third-order valence-corrected chi connectivity index (χ3v) is 4.53. The van der Waals surface area contributed by atoms with Crippen molar-refractivity contribution in [2.24, 2.45) is 0 Å². The topological polar surface area (TPSA) is 70.2 Å². The van der Waals surface area contributed by atoms with Crippen LogP contribution in [0.2, 0.25) is 8.67 Å². The Bertz CT molecular complexity index is 746. The fourth-order valence-electron chi connectivity index (χ4n) is 1.92. The van der Waals surface area contributed by atoms with E-state index in [0.717, 1.165) is 28.2 Å². The van der Waals surface area contributed by atoms with E-state index in [0.29, 0.717) is 4.34 Å². The van der Waals surface area contributed by atoms with Crippen molar-refractivity contribution in [3.63, 3.8) is 0 Å². The number of carbonyl (C=O) groups is 2. The van der Waals surface area contributed by atoms with E-state index >= 15 is 0 Å². The first-order valence-corrected chi connectivity index (χ1v) is 8.29. The molecular formula is C15H15Cl2N3O2S. The van der Waals surface area contributed by atoms with E-state index < -0.39 is 5.91 Å². The molecule has 8 heteroatoms. The summed E-state index contributed by atoms with van der Waals surface area (Å²) in [6.07, 6.45) is 0. The first-order chi connectivity index (χ1) is 10.9. The summed E-state index contributed by atoms with van der Waals surface area (Å²) in [6.45, 7) is 3.99. The van der Waals surface area contributed by atoms with Gasteiger partial charge in [-0.2, -0.15) is 0 Å². The Kier molecular flexibility index (Phi) is 5.87. The summed E-state index contributed by atoms with van der Waals surface area (Å²) in [4.78, 5) is 23.6. The minimum atomic E-state index is -0.516. The fraction of sp³-hybridized carbons (Fsp3) is 0.200. The number of hydrogen-bond acceptors (Lipinski definition) is 4. The molecule has 1 heterocycles. The van der Waals surface area contributed by atoms with Crippen LogP contribution in [0.4, 0.5) is 5.69 Å². The molecule has 0 spiro atoms. The van der Waals surface area contributed by atoms with Gasteiger partial charge in [0.25, 0.3) is 11.8 Å². The van der Waals surface area contributed by atoms with Gasteiger partial charge in [0.15, 0.2) is 0 Å². The molecule has 0 radical (unpaired) electrons. The molecule has 0 atom stereocenters. The zero-order valence-electron chi connectivity index (χ0n) is 12.5. The number of hydrogen-bond donors (Lipinski definition) is 3. The van der Waals surface area contributed by atoms with Crippen LogP contribution in [0, 0.1) is 13.8 Å². The highest BCUT2D eigenvalue weighted by Gasteiger charge is 2.14. The van der Waals surface area contributed by atoms with Gasteiger partial charge in [-0.1, -0.05) is 40.9 Å². The highest BCUT2D eigenvalue weighted by Crippen LogP contribution is 2.30. The van der Waals surface area contributed by atoms with Crippen molar-refractivity contribution >= 4 is 52.0 Å². The normalized spacial score (nSPS) is 10.3. The highest BCUT2D eigenvalue weighted by molar-refractivity contribution is 7.20. The second kappa shape index (κ2) is 7.68. The molecule has 2 aromatic rings. The zero-order chi connectivity index (χ0) is 17.0. The average molecular weight is 372 g/mol. The molecule has 0 aliphatic heterocycles. The van der Waals surface area contributed by atoms with E-state index in [1.54, 1.807) is 0 Å². The number of nitrogens with one attached hydrogen (secondary N) is 3. The van der Waals surface area contributed by atoms with E-state index in [4.69, 9.17) is 23.2 Å². The number of amides is 2. The molecule has 1 aromatic heterocycles. The van der Waals surface area contributed by atoms with Gasteiger partial charge in [0, 0.05) is 5.69 Å². The van der Waals surface area contributed by atoms with E-state index in [9.17, 15) is 9.59 Å². The lowest BCUT2D eigenvalue weighted by atomic mass is 10.1. The summed E-state index contributed by atoms with van der Waals surface area (Å²) < 4.78 is 0.679. The van der Waals surface area contributed by atoms with Crippen molar-refractivity contribution in [1.82, 2.24) is 10.9 Å². The fourth-order valence-corrected chi connectivity index (χ4v) is 3.38. The van der Waals surface area contributed by atoms with Crippen LogP contribution in [0.15, 0.2) is 24.3 Å². The van der Waals surface area contributed by atoms with Gasteiger partial charge in [-0.3, -0.25) is 20.4 Å². The zero-order valence-corrected chi connectivity index (χ0v) is 14.8. The first kappa shape index (κ1) is 17.6. The van der Waals surface area contributed by atoms with E-state index in [2.05, 4.69) is 16.2 Å². The number of thiophene rings is 1. The van der Waals surface area contributed by atoms with Gasteiger partial charge in [-0.05, 0) is 31.5 Å². The maximum atomic E-state index is 11.9. The van der Waals surface area contributed by atoms with Crippen molar-refractivity contribution in [2.75, 3.05) is 11.9 Å². The van der Waals surface area contributed by atoms with E-state index in [-0.39, 0.29) is 22.4 Å². The van der Waals surface area contributed by atoms with Gasteiger partial charge >= 0.3 is 0 Å². The summed E-state index contributed by atoms with van der Waals surface area (Å²) in [5.74, 6) is -0.895. The number of halogens is 2. The minimum absolute atomic E-state index is 0.0301. The summed E-state index contributed by atoms with van der Waals surface area (Å²) in [5.41, 5.74) is 7.90. The predicted octanol–water partition coefficient (Wildman–Crippen LogP) is 3.54. The van der Waals surface area contributed by atoms with Crippen LogP contribution < -0.4 is 16.2 Å². The first-order valence-electron chi connectivity index (χ1n) is 6.72. The largest absolute Gasteiger partial charge is 0.376 e. The molecule has 5 nitrogen and oxygen atoms in total. The molecule has 122 valence electrons. The summed E-state index contributed by atoms with van der Waals surface area (Å²) in [6, 6.07) is 7.33. The Balaban J connectivity index is 1.83. The lowest BCUT2D eigenvalue weighted by Crippen LogP contribution is -2.44. The number of anilines is 1. The Morgan fingerprint density at radius 1 is 1.13 bits per heavy atom. The van der Waals surface area contributed by atoms with Crippen molar-refractivity contribution in [3.05, 3.63) is 49.6 Å². The van der Waals surface area contributed by atoms with Gasteiger partial charge in [-0.15, -0.1) is 11.3 Å². The van der Waals surface area contributed by atoms with Gasteiger partial charge in [0.05, 0.1) is 16.4 Å². The maximum Gasteiger partial charge on any atom is 0.272 e. The number of hydrazine groups is 1. The Morgan fingerprint density at radius 2 is 1.87 bits per heavy atom. The Hall–Kier alpha value is -1.76. The standard InChI is InChI=1S/C15H15Cl2N3O2S/c1-8-3-4-11(9(2)5-8)18-7-13(21)19-20-15(22)10-6-12(16)23-14(10)17/h3-6,18H,7H2,1-2H3,(H,19,21)(H,20,22). The van der Waals surface area contributed by atoms with Gasteiger partial charge in [0.2, 0.25) is 0 Å². The third-order valence-electron chi connectivity index (χ3n) is 3.04. The van der Waals surface area contributed by atoms with Crippen LogP contribution in [-0.2, 0) is 4.79 Å². The summed E-state index contributed by atoms with van der Waals surface area (Å²) in [5, 5.41) is 3.01. The number of aryl methyl sites for hydroxylation is 2. The van der Waals surface area contributed by atoms with Crippen LogP contribution in [0.5, 0.6) is 0 Å². The lowest BCUT2D eigenvalue weighted by molar-refractivity contribution is -0.120. The monoisotopic (exact) mass is 371 g/mol. The maximum absolute atomic E-state index is 11.9. The molecule has 0 aliphatic carbocycles. The van der Waals surface area contributed by atoms with Crippen molar-refractivity contribution in [2.45, 2.75) is 13.8 Å². The lowest BCUT2D eigenvalue weighted by Gasteiger charge is -2.11. The molecule has 2 amide bonds. The molecule has 23 heavy (non-hydrogen) atoms. The van der Waals surface area contributed by atoms with Crippen molar-refractivity contribution < 1.29 is 9.59 Å². The van der Waals surface area contributed by atoms with Crippen LogP contribution in [0.25, 0.3) is 0 Å². The van der Waals surface area contributed by atoms with Crippen LogP contribution in [0.1, 0.15) is 21.5 Å². The van der Waals surface area contributed by atoms with Gasteiger partial charge in [0.1, 0.15) is 4.34 Å². The summed E-state index contributed by atoms with van der Waals surface area (Å²) in [7, 11) is 0. The van der Waals surface area contributed by atoms with E-state index in [1.165, 1.54) is 6.07 Å². The van der Waals surface area contributed by atoms with E-state index in [1.807, 2.05) is 32.0 Å². The highest BCUT2D eigenvalue weighted by atomic mass is 35.5. The van der Waals surface area contributed by atoms with Crippen LogP contribution in [-0.4, -0.2) is 18.4 Å². The van der Waals surface area contributed by atoms with Gasteiger partial charge in [-0.25, -0.2) is 0 Å². The second-order valence-corrected chi connectivity index (χ2v) is 7.20. The van der Waals surface area contributed by atoms with Crippen molar-refractivity contribution in [1.29, 1.82) is 0 Å². The third kappa shape index (κ3) is 4.86. The molecule has 3 N–H and O–H groups in total. The predicted molar refractivity (Wildman–Crippen MR) is 94.4 cm³/mol. The SMILES string of the molecule is Cc1ccc(NCC(=O)NNC(=O)c2cc(Cl)sc2Cl)c(C)c1. The summed E-state index contributed by atoms with van der Waals surface area (Å²) >= 11 is 12.7. The second-order valence-electron chi connectivity index (χ2n) is 4.91. The Labute approximate surface area is 148 Å². The Morgan fingerprint density at radius 3 is 2.48 bits per heavy atom. The quantitative estimate of drug-likeness (QED) is 0.719. The van der Waals surface area contributed by atoms with Gasteiger partial charge < -0.3 is 5.32 Å². The van der Waals surface area contributed by atoms with Crippen molar-refractivity contribution in [3.8, 4) is 0 Å². The molecule has 0 saturated heterocycles. The molecule has 0 bridgehead atoms. The molecular weight excluding hydrogens is 357 g/mol. The minimum Gasteiger partial charge on any atom is -0.376 e. The molecule has 0 saturated carbocycles. The number of benzene rings is 1. The molecule has 2 rings (SSSR count). The number of carbonyl (C=O) groups excluding carboxylic acids is 2. The average Bonchev–Trinajstić information content (AvgIpc) is 2.82. The molecule has 0 fully saturated rings. The smallest absolute Gasteiger partial charge is 0.272 e. The molecule has 0 unspecified atom stereocenters. The number of rotatable bonds is 4. The molecule has 0 aliphatic rings. The molecule has 1 aromatic carbocycles. The van der Waals surface area contributed by atoms with Crippen LogP contribution >= 0.6 is 34.5 Å². The van der Waals surface area contributed by atoms with Crippen LogP contribution in [0.3, 0.4) is 0 Å².